The van der Waals surface area contributed by atoms with Gasteiger partial charge in [-0.1, -0.05) is 5.92 Å². The molecule has 3 unspecified atom stereocenters. The molecule has 1 nitrogen and oxygen atoms in total. The van der Waals surface area contributed by atoms with Crippen molar-refractivity contribution in [3.8, 4) is 12.3 Å². The third-order valence-electron chi connectivity index (χ3n) is 2.92. The molecular formula is C9H12O. The fraction of sp³-hybridized carbons (Fsp3) is 0.778. The van der Waals surface area contributed by atoms with Crippen LogP contribution in [-0.4, -0.2) is 10.7 Å². The summed E-state index contributed by atoms with van der Waals surface area (Å²) in [5, 5.41) is 9.75. The highest BCUT2D eigenvalue weighted by Gasteiger charge is 2.53. The fourth-order valence-corrected chi connectivity index (χ4v) is 2.15. The molecule has 0 aromatic carbocycles. The molecule has 1 heteroatoms. The summed E-state index contributed by atoms with van der Waals surface area (Å²) >= 11 is 0. The zero-order valence-electron chi connectivity index (χ0n) is 6.01. The minimum absolute atomic E-state index is 0.450. The second-order valence-corrected chi connectivity index (χ2v) is 3.56. The van der Waals surface area contributed by atoms with Crippen LogP contribution in [0.15, 0.2) is 0 Å². The van der Waals surface area contributed by atoms with Crippen LogP contribution in [0.25, 0.3) is 0 Å². The van der Waals surface area contributed by atoms with Gasteiger partial charge in [0.2, 0.25) is 0 Å². The van der Waals surface area contributed by atoms with Crippen LogP contribution < -0.4 is 0 Å². The van der Waals surface area contributed by atoms with Crippen molar-refractivity contribution in [3.63, 3.8) is 0 Å². The van der Waals surface area contributed by atoms with Crippen molar-refractivity contribution < 1.29 is 5.11 Å². The van der Waals surface area contributed by atoms with Crippen LogP contribution in [-0.2, 0) is 0 Å². The number of hydrogen-bond donors (Lipinski definition) is 1. The van der Waals surface area contributed by atoms with Crippen LogP contribution in [0.4, 0.5) is 0 Å². The first-order valence-corrected chi connectivity index (χ1v) is 3.96. The lowest BCUT2D eigenvalue weighted by Crippen LogP contribution is -2.32. The van der Waals surface area contributed by atoms with Crippen molar-refractivity contribution in [1.29, 1.82) is 0 Å². The molecule has 10 heavy (non-hydrogen) atoms. The van der Waals surface area contributed by atoms with E-state index in [-0.39, 0.29) is 0 Å². The first-order valence-electron chi connectivity index (χ1n) is 3.96. The van der Waals surface area contributed by atoms with Gasteiger partial charge in [-0.25, -0.2) is 0 Å². The highest BCUT2D eigenvalue weighted by atomic mass is 16.3. The minimum atomic E-state index is -0.719. The van der Waals surface area contributed by atoms with Gasteiger partial charge in [-0.2, -0.15) is 0 Å². The lowest BCUT2D eigenvalue weighted by Gasteiger charge is -2.26. The molecule has 0 saturated heterocycles. The summed E-state index contributed by atoms with van der Waals surface area (Å²) < 4.78 is 0. The van der Waals surface area contributed by atoms with E-state index in [1.165, 1.54) is 12.8 Å². The monoisotopic (exact) mass is 136 g/mol. The van der Waals surface area contributed by atoms with Crippen molar-refractivity contribution in [2.24, 2.45) is 11.8 Å². The molecule has 2 aliphatic carbocycles. The normalized spacial score (nSPS) is 51.2. The lowest BCUT2D eigenvalue weighted by atomic mass is 9.85. The standard InChI is InChI=1S/C9H12O/c1-2-9(10)5-3-4-7-6-8(7)9/h1,7-8,10H,3-6H2. The number of terminal acetylenes is 1. The number of hydrogen-bond acceptors (Lipinski definition) is 1. The van der Waals surface area contributed by atoms with Gasteiger partial charge in [-0.3, -0.25) is 0 Å². The lowest BCUT2D eigenvalue weighted by molar-refractivity contribution is 0.0462. The SMILES string of the molecule is C#CC1(O)CCCC2CC21. The summed E-state index contributed by atoms with van der Waals surface area (Å²) in [6.45, 7) is 0. The average Bonchev–Trinajstić information content (AvgIpc) is 2.68. The zero-order chi connectivity index (χ0) is 7.19. The largest absolute Gasteiger partial charge is 0.377 e. The Labute approximate surface area is 61.4 Å². The Bertz CT molecular complexity index is 191. The van der Waals surface area contributed by atoms with Crippen molar-refractivity contribution >= 4 is 0 Å². The quantitative estimate of drug-likeness (QED) is 0.496. The molecule has 1 N–H and O–H groups in total. The van der Waals surface area contributed by atoms with Crippen molar-refractivity contribution in [1.82, 2.24) is 0 Å². The molecule has 0 aromatic rings. The van der Waals surface area contributed by atoms with Crippen molar-refractivity contribution in [2.45, 2.75) is 31.3 Å². The Hall–Kier alpha value is -0.480. The second-order valence-electron chi connectivity index (χ2n) is 3.56. The number of rotatable bonds is 0. The molecule has 0 aromatic heterocycles. The maximum absolute atomic E-state index is 9.75. The Morgan fingerprint density at radius 3 is 3.00 bits per heavy atom. The van der Waals surface area contributed by atoms with E-state index in [1.807, 2.05) is 0 Å². The van der Waals surface area contributed by atoms with E-state index in [0.29, 0.717) is 5.92 Å². The maximum Gasteiger partial charge on any atom is 0.128 e. The second kappa shape index (κ2) is 1.77. The predicted molar refractivity (Wildman–Crippen MR) is 39.2 cm³/mol. The van der Waals surface area contributed by atoms with Crippen molar-refractivity contribution in [3.05, 3.63) is 0 Å². The van der Waals surface area contributed by atoms with E-state index in [9.17, 15) is 5.11 Å². The van der Waals surface area contributed by atoms with Gasteiger partial charge in [-0.15, -0.1) is 6.42 Å². The molecule has 3 atom stereocenters. The van der Waals surface area contributed by atoms with E-state index in [2.05, 4.69) is 5.92 Å². The van der Waals surface area contributed by atoms with E-state index in [1.54, 1.807) is 0 Å². The van der Waals surface area contributed by atoms with Gasteiger partial charge >= 0.3 is 0 Å². The molecule has 0 radical (unpaired) electrons. The molecule has 0 spiro atoms. The number of fused-ring (bicyclic) bond motifs is 1. The Morgan fingerprint density at radius 2 is 2.40 bits per heavy atom. The number of aliphatic hydroxyl groups is 1. The van der Waals surface area contributed by atoms with Crippen LogP contribution in [0.2, 0.25) is 0 Å². The molecule has 2 saturated carbocycles. The third-order valence-corrected chi connectivity index (χ3v) is 2.92. The van der Waals surface area contributed by atoms with Gasteiger partial charge in [-0.05, 0) is 31.6 Å². The zero-order valence-corrected chi connectivity index (χ0v) is 6.01. The van der Waals surface area contributed by atoms with E-state index >= 15 is 0 Å². The summed E-state index contributed by atoms with van der Waals surface area (Å²) in [4.78, 5) is 0. The Balaban J connectivity index is 2.16. The highest BCUT2D eigenvalue weighted by Crippen LogP contribution is 2.54. The van der Waals surface area contributed by atoms with Crippen molar-refractivity contribution in [2.75, 3.05) is 0 Å². The Kier molecular flexibility index (Phi) is 1.10. The van der Waals surface area contributed by atoms with Crippen LogP contribution >= 0.6 is 0 Å². The van der Waals surface area contributed by atoms with Crippen LogP contribution in [0, 0.1) is 24.2 Å². The maximum atomic E-state index is 9.75. The topological polar surface area (TPSA) is 20.2 Å². The van der Waals surface area contributed by atoms with Gasteiger partial charge in [0.25, 0.3) is 0 Å². The first-order chi connectivity index (χ1) is 4.76. The van der Waals surface area contributed by atoms with Crippen LogP contribution in [0.5, 0.6) is 0 Å². The fourth-order valence-electron chi connectivity index (χ4n) is 2.15. The van der Waals surface area contributed by atoms with E-state index < -0.39 is 5.60 Å². The van der Waals surface area contributed by atoms with Crippen LogP contribution in [0.3, 0.4) is 0 Å². The summed E-state index contributed by atoms with van der Waals surface area (Å²) in [6.07, 6.45) is 9.65. The molecule has 0 heterocycles. The highest BCUT2D eigenvalue weighted by molar-refractivity contribution is 5.18. The predicted octanol–water partition coefficient (Wildman–Crippen LogP) is 1.17. The summed E-state index contributed by atoms with van der Waals surface area (Å²) in [5.41, 5.74) is -0.719. The molecule has 0 aliphatic heterocycles. The van der Waals surface area contributed by atoms with Gasteiger partial charge < -0.3 is 5.11 Å². The molecule has 54 valence electrons. The van der Waals surface area contributed by atoms with E-state index in [0.717, 1.165) is 18.8 Å². The molecule has 2 rings (SSSR count). The van der Waals surface area contributed by atoms with E-state index in [4.69, 9.17) is 6.42 Å². The summed E-state index contributed by atoms with van der Waals surface area (Å²) in [6, 6.07) is 0. The van der Waals surface area contributed by atoms with Gasteiger partial charge in [0.15, 0.2) is 0 Å². The van der Waals surface area contributed by atoms with Gasteiger partial charge in [0.05, 0.1) is 0 Å². The first kappa shape index (κ1) is 6.24. The van der Waals surface area contributed by atoms with Gasteiger partial charge in [0.1, 0.15) is 5.60 Å². The third kappa shape index (κ3) is 0.690. The van der Waals surface area contributed by atoms with Crippen LogP contribution in [0.1, 0.15) is 25.7 Å². The average molecular weight is 136 g/mol. The smallest absolute Gasteiger partial charge is 0.128 e. The molecule has 0 bridgehead atoms. The molecule has 0 amide bonds. The summed E-state index contributed by atoms with van der Waals surface area (Å²) in [7, 11) is 0. The summed E-state index contributed by atoms with van der Waals surface area (Å²) in [5.74, 6) is 3.74. The molecule has 2 aliphatic rings. The molecule has 2 fully saturated rings. The Morgan fingerprint density at radius 1 is 1.60 bits per heavy atom. The van der Waals surface area contributed by atoms with Gasteiger partial charge in [0, 0.05) is 5.92 Å². The minimum Gasteiger partial charge on any atom is -0.377 e. The molecular weight excluding hydrogens is 124 g/mol.